The molecule has 0 aromatic carbocycles. The van der Waals surface area contributed by atoms with E-state index in [0.29, 0.717) is 22.2 Å². The first-order valence-corrected chi connectivity index (χ1v) is 8.70. The number of hydrogen-bond donors (Lipinski definition) is 2. The Labute approximate surface area is 124 Å². The second kappa shape index (κ2) is 5.83. The number of nitrogens with two attached hydrogens (primary N) is 1. The molecule has 1 atom stereocenters. The van der Waals surface area contributed by atoms with E-state index in [1.807, 2.05) is 0 Å². The highest BCUT2D eigenvalue weighted by Gasteiger charge is 2.22. The normalized spacial score (nSPS) is 14.1. The van der Waals surface area contributed by atoms with Crippen LogP contribution in [0.3, 0.4) is 0 Å². The third-order valence-electron chi connectivity index (χ3n) is 3.45. The smallest absolute Gasteiger partial charge is 0.261 e. The van der Waals surface area contributed by atoms with Gasteiger partial charge in [-0.3, -0.25) is 4.79 Å². The van der Waals surface area contributed by atoms with Crippen LogP contribution in [0.15, 0.2) is 11.0 Å². The first-order chi connectivity index (χ1) is 8.93. The van der Waals surface area contributed by atoms with Crippen LogP contribution in [-0.4, -0.2) is 20.9 Å². The number of rotatable bonds is 4. The Balaban J connectivity index is 2.80. The molecule has 5 nitrogen and oxygen atoms in total. The first-order valence-electron chi connectivity index (χ1n) is 6.34. The van der Waals surface area contributed by atoms with Crippen molar-refractivity contribution in [1.82, 2.24) is 5.32 Å². The second-order valence-corrected chi connectivity index (χ2v) is 8.84. The van der Waals surface area contributed by atoms with E-state index in [4.69, 9.17) is 5.14 Å². The maximum Gasteiger partial charge on any atom is 0.261 e. The molecule has 0 aliphatic rings. The van der Waals surface area contributed by atoms with Crippen molar-refractivity contribution in [1.29, 1.82) is 0 Å². The molecule has 114 valence electrons. The van der Waals surface area contributed by atoms with E-state index in [2.05, 4.69) is 33.0 Å². The van der Waals surface area contributed by atoms with E-state index < -0.39 is 10.0 Å². The van der Waals surface area contributed by atoms with Gasteiger partial charge in [0.25, 0.3) is 5.91 Å². The Morgan fingerprint density at radius 3 is 2.40 bits per heavy atom. The van der Waals surface area contributed by atoms with Crippen LogP contribution in [0.1, 0.15) is 42.2 Å². The topological polar surface area (TPSA) is 89.3 Å². The second-order valence-electron chi connectivity index (χ2n) is 6.05. The minimum Gasteiger partial charge on any atom is -0.351 e. The Hall–Kier alpha value is -0.920. The lowest BCUT2D eigenvalue weighted by molar-refractivity contribution is 0.0941. The van der Waals surface area contributed by atoms with Crippen molar-refractivity contribution in [2.75, 3.05) is 6.54 Å². The number of nitrogens with one attached hydrogen (secondary N) is 1. The number of amides is 1. The van der Waals surface area contributed by atoms with Gasteiger partial charge >= 0.3 is 0 Å². The van der Waals surface area contributed by atoms with Gasteiger partial charge in [-0.1, -0.05) is 27.7 Å². The predicted octanol–water partition coefficient (Wildman–Crippen LogP) is 2.12. The van der Waals surface area contributed by atoms with E-state index in [-0.39, 0.29) is 16.2 Å². The predicted molar refractivity (Wildman–Crippen MR) is 81.4 cm³/mol. The number of thiophene rings is 1. The van der Waals surface area contributed by atoms with Crippen LogP contribution in [0.4, 0.5) is 0 Å². The number of hydrogen-bond acceptors (Lipinski definition) is 4. The van der Waals surface area contributed by atoms with Crippen LogP contribution in [0.5, 0.6) is 0 Å². The number of carbonyl (C=O) groups excluding carboxylic acids is 1. The fourth-order valence-electron chi connectivity index (χ4n) is 1.50. The lowest BCUT2D eigenvalue weighted by Gasteiger charge is -2.27. The molecule has 0 spiro atoms. The molecule has 1 aromatic rings. The summed E-state index contributed by atoms with van der Waals surface area (Å²) < 4.78 is 22.7. The molecule has 0 radical (unpaired) electrons. The molecule has 0 saturated heterocycles. The molecular weight excluding hydrogens is 296 g/mol. The molecule has 0 aliphatic heterocycles. The minimum atomic E-state index is -3.77. The van der Waals surface area contributed by atoms with Gasteiger partial charge in [0.05, 0.1) is 9.77 Å². The number of carbonyl (C=O) groups is 1. The number of aryl methyl sites for hydroxylation is 1. The molecule has 1 heterocycles. The average Bonchev–Trinajstić information content (AvgIpc) is 2.66. The summed E-state index contributed by atoms with van der Waals surface area (Å²) in [6.07, 6.45) is 0. The van der Waals surface area contributed by atoms with Crippen LogP contribution >= 0.6 is 11.3 Å². The van der Waals surface area contributed by atoms with Crippen molar-refractivity contribution < 1.29 is 13.2 Å². The van der Waals surface area contributed by atoms with Crippen LogP contribution < -0.4 is 10.5 Å². The van der Waals surface area contributed by atoms with Crippen molar-refractivity contribution in [2.45, 2.75) is 39.5 Å². The van der Waals surface area contributed by atoms with Gasteiger partial charge in [0.1, 0.15) is 0 Å². The zero-order chi connectivity index (χ0) is 15.7. The highest BCUT2D eigenvalue weighted by atomic mass is 32.2. The molecular formula is C13H22N2O3S2. The van der Waals surface area contributed by atoms with Gasteiger partial charge in [-0.05, 0) is 24.3 Å². The van der Waals surface area contributed by atoms with Gasteiger partial charge < -0.3 is 5.32 Å². The van der Waals surface area contributed by atoms with E-state index in [0.717, 1.165) is 11.3 Å². The number of primary sulfonamides is 1. The van der Waals surface area contributed by atoms with Crippen molar-refractivity contribution in [3.05, 3.63) is 15.8 Å². The monoisotopic (exact) mass is 318 g/mol. The summed E-state index contributed by atoms with van der Waals surface area (Å²) in [5, 5.41) is 7.93. The number of sulfonamides is 1. The summed E-state index contributed by atoms with van der Waals surface area (Å²) in [7, 11) is -3.77. The van der Waals surface area contributed by atoms with Crippen molar-refractivity contribution in [3.8, 4) is 0 Å². The summed E-state index contributed by atoms with van der Waals surface area (Å²) in [5.74, 6) is 0.0503. The molecule has 1 rings (SSSR count). The van der Waals surface area contributed by atoms with Gasteiger partial charge in [-0.25, -0.2) is 13.6 Å². The lowest BCUT2D eigenvalue weighted by atomic mass is 9.82. The highest BCUT2D eigenvalue weighted by molar-refractivity contribution is 7.89. The third kappa shape index (κ3) is 4.29. The molecule has 0 bridgehead atoms. The van der Waals surface area contributed by atoms with Gasteiger partial charge in [0.2, 0.25) is 10.0 Å². The van der Waals surface area contributed by atoms with Crippen LogP contribution in [-0.2, 0) is 10.0 Å². The molecule has 1 unspecified atom stereocenters. The third-order valence-corrected chi connectivity index (χ3v) is 5.67. The molecule has 0 fully saturated rings. The maximum atomic E-state index is 12.0. The van der Waals surface area contributed by atoms with Gasteiger partial charge in [-0.15, -0.1) is 11.3 Å². The summed E-state index contributed by atoms with van der Waals surface area (Å²) in [6, 6.07) is 1.34. The summed E-state index contributed by atoms with van der Waals surface area (Å²) in [6.45, 7) is 10.6. The summed E-state index contributed by atoms with van der Waals surface area (Å²) in [5.41, 5.74) is 0.102. The van der Waals surface area contributed by atoms with Crippen molar-refractivity contribution in [2.24, 2.45) is 16.5 Å². The summed E-state index contributed by atoms with van der Waals surface area (Å²) in [4.78, 5) is 13.0. The van der Waals surface area contributed by atoms with E-state index in [9.17, 15) is 13.2 Å². The first kappa shape index (κ1) is 17.1. The van der Waals surface area contributed by atoms with Crippen LogP contribution in [0.25, 0.3) is 0 Å². The molecule has 0 aliphatic carbocycles. The standard InChI is InChI=1S/C13H22N2O3S2/c1-8(13(3,4)5)7-15-12(16)10-6-11(9(2)19-10)20(14,17)18/h6,8H,7H2,1-5H3,(H,15,16)(H2,14,17,18). The molecule has 1 aromatic heterocycles. The SMILES string of the molecule is Cc1sc(C(=O)NCC(C)C(C)(C)C)cc1S(N)(=O)=O. The fourth-order valence-corrected chi connectivity index (χ4v) is 3.56. The van der Waals surface area contributed by atoms with Crippen LogP contribution in [0.2, 0.25) is 0 Å². The highest BCUT2D eigenvalue weighted by Crippen LogP contribution is 2.26. The molecule has 0 saturated carbocycles. The fraction of sp³-hybridized carbons (Fsp3) is 0.615. The maximum absolute atomic E-state index is 12.0. The van der Waals surface area contributed by atoms with Crippen LogP contribution in [0, 0.1) is 18.3 Å². The van der Waals surface area contributed by atoms with E-state index >= 15 is 0 Å². The lowest BCUT2D eigenvalue weighted by Crippen LogP contribution is -2.33. The van der Waals surface area contributed by atoms with E-state index in [1.54, 1.807) is 6.92 Å². The van der Waals surface area contributed by atoms with Gasteiger partial charge in [0, 0.05) is 11.4 Å². The Morgan fingerprint density at radius 1 is 1.45 bits per heavy atom. The largest absolute Gasteiger partial charge is 0.351 e. The summed E-state index contributed by atoms with van der Waals surface area (Å²) >= 11 is 1.14. The Kier molecular flexibility index (Phi) is 4.99. The van der Waals surface area contributed by atoms with Gasteiger partial charge in [0.15, 0.2) is 0 Å². The van der Waals surface area contributed by atoms with Crippen molar-refractivity contribution in [3.63, 3.8) is 0 Å². The average molecular weight is 318 g/mol. The minimum absolute atomic E-state index is 0.0246. The van der Waals surface area contributed by atoms with Crippen molar-refractivity contribution >= 4 is 27.3 Å². The Morgan fingerprint density at radius 2 is 2.00 bits per heavy atom. The zero-order valence-corrected chi connectivity index (χ0v) is 14.1. The van der Waals surface area contributed by atoms with E-state index in [1.165, 1.54) is 6.07 Å². The zero-order valence-electron chi connectivity index (χ0n) is 12.5. The van der Waals surface area contributed by atoms with Gasteiger partial charge in [-0.2, -0.15) is 0 Å². The molecule has 3 N–H and O–H groups in total. The Bertz CT molecular complexity index is 598. The molecule has 20 heavy (non-hydrogen) atoms. The molecule has 1 amide bonds. The molecule has 7 heteroatoms. The quantitative estimate of drug-likeness (QED) is 0.891.